The zero-order chi connectivity index (χ0) is 55.0. The Hall–Kier alpha value is 0.741. The minimum absolute atomic E-state index is 0.0973. The molecule has 10 heteroatoms. The van der Waals surface area contributed by atoms with Gasteiger partial charge in [0.2, 0.25) is 0 Å². The van der Waals surface area contributed by atoms with Crippen LogP contribution < -0.4 is 8.79 Å². The molecule has 2 radical (unpaired) electrons. The van der Waals surface area contributed by atoms with Crippen molar-refractivity contribution in [3.8, 4) is 0 Å². The Kier molecular flexibility index (Phi) is 20.3. The molecule has 398 valence electrons. The van der Waals surface area contributed by atoms with Crippen molar-refractivity contribution < 1.29 is 0 Å². The molecule has 1 aliphatic heterocycles. The Labute approximate surface area is 456 Å². The molecule has 0 saturated carbocycles. The van der Waals surface area contributed by atoms with Crippen molar-refractivity contribution >= 4 is 102 Å². The monoisotopic (exact) mass is 1210 g/mol. The van der Waals surface area contributed by atoms with Gasteiger partial charge in [0, 0.05) is 0 Å². The topological polar surface area (TPSA) is 0 Å². The minimum atomic E-state index is -2.37. The van der Waals surface area contributed by atoms with E-state index >= 15 is 0 Å². The number of benzene rings is 2. The Bertz CT molecular complexity index is 1880. The summed E-state index contributed by atoms with van der Waals surface area (Å²) < 4.78 is 12.3. The maximum atomic E-state index is 2.93. The fourth-order valence-corrected chi connectivity index (χ4v) is 89.8. The van der Waals surface area contributed by atoms with E-state index in [0.29, 0.717) is 0 Å². The Morgan fingerprint density at radius 3 is 0.543 bits per heavy atom. The first-order valence-electron chi connectivity index (χ1n) is 28.5. The van der Waals surface area contributed by atoms with Gasteiger partial charge in [0.1, 0.15) is 0 Å². The fraction of sp³-hybridized carbons (Fsp3) is 0.733. The van der Waals surface area contributed by atoms with Crippen LogP contribution >= 0.6 is 0 Å². The summed E-state index contributed by atoms with van der Waals surface area (Å²) in [6.07, 6.45) is 4.97. The fourth-order valence-electron chi connectivity index (χ4n) is 15.8. The van der Waals surface area contributed by atoms with Gasteiger partial charge in [-0.1, -0.05) is 0 Å². The normalized spacial score (nSPS) is 16.7. The van der Waals surface area contributed by atoms with Crippen LogP contribution in [0, 0.1) is 0 Å². The quantitative estimate of drug-likeness (QED) is 0.131. The summed E-state index contributed by atoms with van der Waals surface area (Å²) in [7, 11) is -13.6. The first kappa shape index (κ1) is 65.0. The average molecular weight is 1210 g/mol. The summed E-state index contributed by atoms with van der Waals surface area (Å²) in [6, 6.07) is 11.7. The Morgan fingerprint density at radius 2 is 0.443 bits per heavy atom. The zero-order valence-corrected chi connectivity index (χ0v) is 65.6. The molecule has 70 heavy (non-hydrogen) atoms. The van der Waals surface area contributed by atoms with Crippen molar-refractivity contribution in [2.45, 2.75) is 284 Å². The van der Waals surface area contributed by atoms with Crippen molar-refractivity contribution in [3.63, 3.8) is 0 Å². The molecule has 0 unspecified atom stereocenters. The van der Waals surface area contributed by atoms with Crippen molar-refractivity contribution in [1.82, 2.24) is 0 Å². The van der Waals surface area contributed by atoms with E-state index in [1.807, 2.05) is 31.0 Å². The van der Waals surface area contributed by atoms with Crippen molar-refractivity contribution in [1.29, 1.82) is 0 Å². The van der Waals surface area contributed by atoms with Crippen LogP contribution in [-0.2, 0) is 10.8 Å². The molecule has 2 aromatic carbocycles. The van der Waals surface area contributed by atoms with Gasteiger partial charge in [0.05, 0.1) is 0 Å². The predicted molar refractivity (Wildman–Crippen MR) is 354 cm³/mol. The zero-order valence-electron chi connectivity index (χ0n) is 53.4. The standard InChI is InChI=1S/C60H118Ge2Si8/c1-35-49-50(36-2)62(54-47(57(67(23,24)25)68(26,27)28)41-44(60(8,9)10)42-48(54)58(69(29,30)31)70(32,33)34)52(38-4)51(37-3)61(49)53-45(55(63(11,12)13)64(14,15)16)39-43(59(5,6)7)40-46(53)56(65(17,18)19)66(20,21)22/h39-42,55-58H,35-38H2,1-34H3. The van der Waals surface area contributed by atoms with Crippen LogP contribution in [0.15, 0.2) is 41.9 Å². The van der Waals surface area contributed by atoms with Crippen molar-refractivity contribution in [2.24, 2.45) is 0 Å². The Morgan fingerprint density at radius 1 is 0.300 bits per heavy atom. The molecule has 3 rings (SSSR count). The van der Waals surface area contributed by atoms with E-state index in [-0.39, 0.29) is 10.8 Å². The van der Waals surface area contributed by atoms with E-state index in [9.17, 15) is 0 Å². The van der Waals surface area contributed by atoms with Crippen LogP contribution in [0.3, 0.4) is 0 Å². The van der Waals surface area contributed by atoms with Crippen LogP contribution in [-0.4, -0.2) is 93.3 Å². The van der Waals surface area contributed by atoms with Crippen LogP contribution in [0.25, 0.3) is 0 Å². The van der Waals surface area contributed by atoms with E-state index in [4.69, 9.17) is 0 Å². The maximum absolute atomic E-state index is 2.93. The molecule has 0 aromatic heterocycles. The average Bonchev–Trinajstić information content (AvgIpc) is 3.08. The van der Waals surface area contributed by atoms with Gasteiger partial charge >= 0.3 is 461 Å². The molecule has 1 aliphatic rings. The second-order valence-electron chi connectivity index (χ2n) is 33.3. The molecule has 0 amide bonds. The molecular weight excluding hydrogens is 1090 g/mol. The van der Waals surface area contributed by atoms with Crippen LogP contribution in [0.2, 0.25) is 157 Å². The number of rotatable bonds is 18. The van der Waals surface area contributed by atoms with E-state index in [2.05, 4.69) is 268 Å². The second-order valence-corrected chi connectivity index (χ2v) is 88.4. The van der Waals surface area contributed by atoms with Crippen LogP contribution in [0.5, 0.6) is 0 Å². The van der Waals surface area contributed by atoms with E-state index in [1.54, 1.807) is 11.1 Å². The van der Waals surface area contributed by atoms with Gasteiger partial charge in [-0.15, -0.1) is 0 Å². The molecule has 0 N–H and O–H groups in total. The molecule has 0 fully saturated rings. The van der Waals surface area contributed by atoms with E-state index in [1.165, 1.54) is 25.7 Å². The Balaban J connectivity index is 3.10. The molecule has 0 bridgehead atoms. The first-order valence-corrected chi connectivity index (χ1v) is 63.4. The van der Waals surface area contributed by atoms with Crippen LogP contribution in [0.4, 0.5) is 0 Å². The number of allylic oxidation sites excluding steroid dienone is 4. The van der Waals surface area contributed by atoms with E-state index < -0.39 is 93.3 Å². The van der Waals surface area contributed by atoms with Gasteiger partial charge < -0.3 is 0 Å². The predicted octanol–water partition coefficient (Wildman–Crippen LogP) is 19.1. The van der Waals surface area contributed by atoms with Crippen molar-refractivity contribution in [2.75, 3.05) is 0 Å². The SMILES string of the molecule is CC[C]1=[C](CC)[Ge]([c]2c(C([Si](C)(C)C)[Si](C)(C)C)cc(C(C)(C)C)cc2C([Si](C)(C)C)[Si](C)(C)C)[C](CC)=[C](CC)[Ge]1[c]1c(C([Si](C)(C)C)[Si](C)(C)C)cc(C(C)(C)C)cc1C([Si](C)(C)C)[Si](C)(C)C. The summed E-state index contributed by atoms with van der Waals surface area (Å²) >= 11 is -4.73. The molecule has 0 atom stereocenters. The van der Waals surface area contributed by atoms with Gasteiger partial charge in [0.15, 0.2) is 0 Å². The van der Waals surface area contributed by atoms with Gasteiger partial charge in [0.25, 0.3) is 0 Å². The summed E-state index contributed by atoms with van der Waals surface area (Å²) in [5.74, 6) is 0. The molecule has 0 aliphatic carbocycles. The van der Waals surface area contributed by atoms with Crippen molar-refractivity contribution in [3.05, 3.63) is 75.3 Å². The summed E-state index contributed by atoms with van der Waals surface area (Å²) in [5, 5.41) is 2.87. The summed E-state index contributed by atoms with van der Waals surface area (Å²) in [6.45, 7) is 92.2. The third kappa shape index (κ3) is 14.3. The number of hydrogen-bond acceptors (Lipinski definition) is 0. The van der Waals surface area contributed by atoms with Crippen LogP contribution in [0.1, 0.15) is 149 Å². The number of hydrogen-bond donors (Lipinski definition) is 0. The summed E-state index contributed by atoms with van der Waals surface area (Å²) in [5.41, 5.74) is 11.0. The molecular formula is C60H118Ge2Si8. The molecule has 0 saturated heterocycles. The molecule has 1 heterocycles. The first-order chi connectivity index (χ1) is 30.9. The van der Waals surface area contributed by atoms with E-state index in [0.717, 1.165) is 20.7 Å². The third-order valence-electron chi connectivity index (χ3n) is 16.2. The molecule has 0 nitrogen and oxygen atoms in total. The summed E-state index contributed by atoms with van der Waals surface area (Å²) in [4.78, 5) is 0. The molecule has 0 spiro atoms. The van der Waals surface area contributed by atoms with Gasteiger partial charge in [-0.3, -0.25) is 0 Å². The van der Waals surface area contributed by atoms with Gasteiger partial charge in [-0.25, -0.2) is 0 Å². The molecule has 2 aromatic rings. The van der Waals surface area contributed by atoms with Gasteiger partial charge in [-0.2, -0.15) is 0 Å². The van der Waals surface area contributed by atoms with Gasteiger partial charge in [-0.05, 0) is 0 Å². The second kappa shape index (κ2) is 21.9. The third-order valence-corrected chi connectivity index (χ3v) is 70.6.